The molecule has 5 nitrogen and oxygen atoms in total. The number of likely N-dealkylation sites (tertiary alicyclic amines) is 1. The summed E-state index contributed by atoms with van der Waals surface area (Å²) in [7, 11) is 0. The maximum Gasteiger partial charge on any atom is 0.415 e. The first-order chi connectivity index (χ1) is 11.7. The van der Waals surface area contributed by atoms with Crippen molar-refractivity contribution in [1.29, 1.82) is 0 Å². The van der Waals surface area contributed by atoms with Gasteiger partial charge in [0.2, 0.25) is 5.91 Å². The molecule has 5 heteroatoms. The molecule has 1 saturated carbocycles. The average molecular weight is 330 g/mol. The van der Waals surface area contributed by atoms with E-state index in [4.69, 9.17) is 4.74 Å². The van der Waals surface area contributed by atoms with Crippen LogP contribution in [-0.4, -0.2) is 35.5 Å². The zero-order valence-corrected chi connectivity index (χ0v) is 14.1. The fraction of sp³-hybridized carbons (Fsp3) is 0.579. The van der Waals surface area contributed by atoms with E-state index in [-0.39, 0.29) is 11.9 Å². The molecule has 1 aromatic carbocycles. The summed E-state index contributed by atoms with van der Waals surface area (Å²) in [6.45, 7) is 0.578. The van der Waals surface area contributed by atoms with Gasteiger partial charge >= 0.3 is 6.09 Å². The van der Waals surface area contributed by atoms with Crippen LogP contribution in [-0.2, 0) is 4.79 Å². The summed E-state index contributed by atoms with van der Waals surface area (Å²) in [6.07, 6.45) is 8.08. The zero-order chi connectivity index (χ0) is 16.8. The van der Waals surface area contributed by atoms with E-state index in [1.165, 1.54) is 25.7 Å². The topological polar surface area (TPSA) is 58.6 Å². The number of rotatable bonds is 3. The molecule has 3 rings (SSSR count). The molecule has 0 aromatic heterocycles. The maximum absolute atomic E-state index is 12.6. The van der Waals surface area contributed by atoms with Crippen molar-refractivity contribution in [2.75, 3.05) is 6.54 Å². The van der Waals surface area contributed by atoms with E-state index in [1.54, 1.807) is 17.0 Å². The summed E-state index contributed by atoms with van der Waals surface area (Å²) in [5.41, 5.74) is 0. The van der Waals surface area contributed by atoms with Crippen LogP contribution in [0.15, 0.2) is 30.3 Å². The maximum atomic E-state index is 12.6. The van der Waals surface area contributed by atoms with Gasteiger partial charge in [0.05, 0.1) is 0 Å². The van der Waals surface area contributed by atoms with Crippen molar-refractivity contribution in [2.45, 2.75) is 63.5 Å². The molecular weight excluding hydrogens is 304 g/mol. The molecular formula is C19H26N2O3. The molecule has 0 spiro atoms. The first-order valence-electron chi connectivity index (χ1n) is 9.08. The van der Waals surface area contributed by atoms with E-state index in [9.17, 15) is 9.59 Å². The molecule has 2 aliphatic rings. The fourth-order valence-electron chi connectivity index (χ4n) is 3.63. The van der Waals surface area contributed by atoms with E-state index in [0.717, 1.165) is 19.3 Å². The van der Waals surface area contributed by atoms with Crippen LogP contribution < -0.4 is 10.1 Å². The van der Waals surface area contributed by atoms with Crippen molar-refractivity contribution >= 4 is 12.0 Å². The summed E-state index contributed by atoms with van der Waals surface area (Å²) < 4.78 is 5.40. The molecule has 0 bridgehead atoms. The van der Waals surface area contributed by atoms with Gasteiger partial charge in [0.15, 0.2) is 0 Å². The summed E-state index contributed by atoms with van der Waals surface area (Å²) in [5.74, 6) is 0.488. The second-order valence-electron chi connectivity index (χ2n) is 6.73. The van der Waals surface area contributed by atoms with Crippen molar-refractivity contribution in [3.05, 3.63) is 30.3 Å². The predicted octanol–water partition coefficient (Wildman–Crippen LogP) is 3.49. The minimum Gasteiger partial charge on any atom is -0.410 e. The molecule has 1 aliphatic heterocycles. The number of hydrogen-bond donors (Lipinski definition) is 1. The third-order valence-electron chi connectivity index (χ3n) is 4.94. The number of nitrogens with zero attached hydrogens (tertiary/aromatic N) is 1. The Balaban J connectivity index is 1.57. The highest BCUT2D eigenvalue weighted by Crippen LogP contribution is 2.22. The number of nitrogens with one attached hydrogen (secondary N) is 1. The zero-order valence-electron chi connectivity index (χ0n) is 14.1. The van der Waals surface area contributed by atoms with Gasteiger partial charge in [-0.15, -0.1) is 0 Å². The second kappa shape index (κ2) is 8.18. The molecule has 1 saturated heterocycles. The molecule has 1 heterocycles. The lowest BCUT2D eigenvalue weighted by Crippen LogP contribution is -2.49. The van der Waals surface area contributed by atoms with Crippen LogP contribution in [0.5, 0.6) is 5.75 Å². The van der Waals surface area contributed by atoms with Crippen molar-refractivity contribution in [2.24, 2.45) is 0 Å². The molecule has 1 atom stereocenters. The Hall–Kier alpha value is -2.04. The van der Waals surface area contributed by atoms with Crippen LogP contribution in [0.2, 0.25) is 0 Å². The first kappa shape index (κ1) is 16.8. The molecule has 1 N–H and O–H groups in total. The van der Waals surface area contributed by atoms with Gasteiger partial charge in [0, 0.05) is 12.6 Å². The molecule has 2 amide bonds. The van der Waals surface area contributed by atoms with Gasteiger partial charge in [-0.05, 0) is 37.8 Å². The Kier molecular flexibility index (Phi) is 5.72. The predicted molar refractivity (Wildman–Crippen MR) is 91.8 cm³/mol. The number of ether oxygens (including phenoxy) is 1. The number of carbonyl (C=O) groups is 2. The summed E-state index contributed by atoms with van der Waals surface area (Å²) in [5, 5.41) is 3.16. The minimum atomic E-state index is -0.431. The van der Waals surface area contributed by atoms with Gasteiger partial charge in [-0.2, -0.15) is 0 Å². The molecule has 1 aliphatic carbocycles. The van der Waals surface area contributed by atoms with Crippen LogP contribution in [0.1, 0.15) is 51.4 Å². The first-order valence-corrected chi connectivity index (χ1v) is 9.08. The quantitative estimate of drug-likeness (QED) is 0.863. The average Bonchev–Trinajstić information content (AvgIpc) is 2.95. The molecule has 0 radical (unpaired) electrons. The van der Waals surface area contributed by atoms with E-state index in [2.05, 4.69) is 5.32 Å². The van der Waals surface area contributed by atoms with E-state index >= 15 is 0 Å². The molecule has 1 unspecified atom stereocenters. The molecule has 24 heavy (non-hydrogen) atoms. The molecule has 2 fully saturated rings. The van der Waals surface area contributed by atoms with Crippen LogP contribution in [0.4, 0.5) is 4.79 Å². The van der Waals surface area contributed by atoms with Crippen molar-refractivity contribution in [3.8, 4) is 5.75 Å². The number of amides is 2. The number of benzene rings is 1. The van der Waals surface area contributed by atoms with Gasteiger partial charge in [0.1, 0.15) is 11.8 Å². The van der Waals surface area contributed by atoms with Gasteiger partial charge in [0.25, 0.3) is 0 Å². The minimum absolute atomic E-state index is 0.0237. The monoisotopic (exact) mass is 330 g/mol. The summed E-state index contributed by atoms with van der Waals surface area (Å²) >= 11 is 0. The Labute approximate surface area is 143 Å². The molecule has 130 valence electrons. The standard InChI is InChI=1S/C19H26N2O3/c22-18(20-15-9-4-1-2-5-10-15)17-13-8-14-21(17)19(23)24-16-11-6-3-7-12-16/h3,6-7,11-12,15,17H,1-2,4-5,8-10,13-14H2,(H,20,22). The van der Waals surface area contributed by atoms with Crippen molar-refractivity contribution in [1.82, 2.24) is 10.2 Å². The van der Waals surface area contributed by atoms with Gasteiger partial charge < -0.3 is 10.1 Å². The Morgan fingerprint density at radius 3 is 2.38 bits per heavy atom. The van der Waals surface area contributed by atoms with E-state index in [1.807, 2.05) is 18.2 Å². The van der Waals surface area contributed by atoms with Crippen LogP contribution in [0.25, 0.3) is 0 Å². The lowest BCUT2D eigenvalue weighted by molar-refractivity contribution is -0.125. The number of carbonyl (C=O) groups excluding carboxylic acids is 2. The second-order valence-corrected chi connectivity index (χ2v) is 6.73. The summed E-state index contributed by atoms with van der Waals surface area (Å²) in [6, 6.07) is 8.86. The van der Waals surface area contributed by atoms with E-state index < -0.39 is 12.1 Å². The Morgan fingerprint density at radius 1 is 0.958 bits per heavy atom. The van der Waals surface area contributed by atoms with Gasteiger partial charge in [-0.3, -0.25) is 9.69 Å². The number of para-hydroxylation sites is 1. The normalized spacial score (nSPS) is 22.0. The van der Waals surface area contributed by atoms with Gasteiger partial charge in [-0.1, -0.05) is 43.9 Å². The van der Waals surface area contributed by atoms with Gasteiger partial charge in [-0.25, -0.2) is 4.79 Å². The van der Waals surface area contributed by atoms with Crippen molar-refractivity contribution in [3.63, 3.8) is 0 Å². The highest BCUT2D eigenvalue weighted by molar-refractivity contribution is 5.86. The van der Waals surface area contributed by atoms with Crippen LogP contribution in [0.3, 0.4) is 0 Å². The lowest BCUT2D eigenvalue weighted by atomic mass is 10.1. The fourth-order valence-corrected chi connectivity index (χ4v) is 3.63. The number of hydrogen-bond acceptors (Lipinski definition) is 3. The SMILES string of the molecule is O=C(NC1CCCCCC1)C1CCCN1C(=O)Oc1ccccc1. The summed E-state index contributed by atoms with van der Waals surface area (Å²) in [4.78, 5) is 26.6. The largest absolute Gasteiger partial charge is 0.415 e. The Morgan fingerprint density at radius 2 is 1.67 bits per heavy atom. The van der Waals surface area contributed by atoms with Crippen LogP contribution >= 0.6 is 0 Å². The van der Waals surface area contributed by atoms with Crippen molar-refractivity contribution < 1.29 is 14.3 Å². The third-order valence-corrected chi connectivity index (χ3v) is 4.94. The van der Waals surface area contributed by atoms with Crippen LogP contribution in [0, 0.1) is 0 Å². The lowest BCUT2D eigenvalue weighted by Gasteiger charge is -2.25. The third kappa shape index (κ3) is 4.28. The highest BCUT2D eigenvalue weighted by Gasteiger charge is 2.36. The Bertz CT molecular complexity index is 553. The highest BCUT2D eigenvalue weighted by atomic mass is 16.6. The molecule has 1 aromatic rings. The smallest absolute Gasteiger partial charge is 0.410 e. The van der Waals surface area contributed by atoms with E-state index in [0.29, 0.717) is 18.7 Å².